The van der Waals surface area contributed by atoms with Crippen molar-refractivity contribution in [1.29, 1.82) is 26.5 Å². The molecule has 2 heterocycles. The molecule has 0 aliphatic carbocycles. The molecule has 8 heteroatoms. The molecule has 0 radical (unpaired) electrons. The van der Waals surface area contributed by atoms with E-state index in [-0.39, 0.29) is 0 Å². The molecule has 2 aromatic carbocycles. The fourth-order valence-electron chi connectivity index (χ4n) is 4.58. The van der Waals surface area contributed by atoms with Crippen LogP contribution in [0.3, 0.4) is 0 Å². The number of rotatable bonds is 2. The summed E-state index contributed by atoms with van der Waals surface area (Å²) in [6.07, 6.45) is -1.20. The number of hydrogen-bond donors (Lipinski definition) is 1. The zero-order valence-electron chi connectivity index (χ0n) is 16.3. The lowest BCUT2D eigenvalue weighted by atomic mass is 9.53. The van der Waals surface area contributed by atoms with Crippen LogP contribution in [-0.4, -0.2) is 5.90 Å². The third-order valence-corrected chi connectivity index (χ3v) is 6.79. The lowest BCUT2D eigenvalue weighted by molar-refractivity contribution is -0.288. The van der Waals surface area contributed by atoms with E-state index in [2.05, 4.69) is 22.0 Å². The number of hydrogen-bond acceptors (Lipinski definition) is 7. The van der Waals surface area contributed by atoms with Gasteiger partial charge in [-0.2, -0.15) is 21.0 Å². The Morgan fingerprint density at radius 3 is 2.06 bits per heavy atom. The number of ether oxygens (including phenoxy) is 2. The van der Waals surface area contributed by atoms with Crippen LogP contribution in [0.15, 0.2) is 53.0 Å². The maximum absolute atomic E-state index is 10.3. The smallest absolute Gasteiger partial charge is 0.244 e. The minimum atomic E-state index is -2.04. The number of nitriles is 4. The highest BCUT2D eigenvalue weighted by atomic mass is 79.9. The summed E-state index contributed by atoms with van der Waals surface area (Å²) in [5, 5.41) is 48.4. The van der Waals surface area contributed by atoms with Crippen LogP contribution in [0.2, 0.25) is 0 Å². The van der Waals surface area contributed by atoms with Gasteiger partial charge in [0.1, 0.15) is 6.10 Å². The third-order valence-electron chi connectivity index (χ3n) is 6.26. The van der Waals surface area contributed by atoms with Crippen molar-refractivity contribution >= 4 is 21.8 Å². The first kappa shape index (κ1) is 20.6. The first-order valence-corrected chi connectivity index (χ1v) is 10.1. The van der Waals surface area contributed by atoms with Crippen molar-refractivity contribution in [2.45, 2.75) is 18.8 Å². The van der Waals surface area contributed by atoms with Crippen molar-refractivity contribution in [1.82, 2.24) is 0 Å². The highest BCUT2D eigenvalue weighted by molar-refractivity contribution is 9.10. The molecule has 2 aliphatic heterocycles. The standard InChI is InChI=1S/C23H14BrN5O2/c1-14-22(13-28)20(29)31-23(14,17-6-8-18(24)9-7-17)30-19(21(22,11-26)12-27)16-4-2-15(10-25)3-5-16/h2-9,14,19,29H,1H3. The molecule has 0 spiro atoms. The molecule has 2 fully saturated rings. The molecule has 2 bridgehead atoms. The lowest BCUT2D eigenvalue weighted by Crippen LogP contribution is -2.57. The second-order valence-corrected chi connectivity index (χ2v) is 8.43. The Bertz CT molecular complexity index is 1230. The summed E-state index contributed by atoms with van der Waals surface area (Å²) >= 11 is 3.38. The van der Waals surface area contributed by atoms with E-state index in [9.17, 15) is 15.8 Å². The number of halogens is 1. The fraction of sp³-hybridized carbons (Fsp3) is 0.261. The van der Waals surface area contributed by atoms with E-state index in [1.165, 1.54) is 0 Å². The van der Waals surface area contributed by atoms with Gasteiger partial charge in [0.2, 0.25) is 17.1 Å². The highest BCUT2D eigenvalue weighted by Crippen LogP contribution is 2.68. The average Bonchev–Trinajstić information content (AvgIpc) is 2.96. The monoisotopic (exact) mass is 471 g/mol. The molecule has 4 rings (SSSR count). The third kappa shape index (κ3) is 2.41. The predicted molar refractivity (Wildman–Crippen MR) is 110 cm³/mol. The molecule has 4 unspecified atom stereocenters. The van der Waals surface area contributed by atoms with Crippen LogP contribution >= 0.6 is 15.9 Å². The molecule has 2 aliphatic rings. The topological polar surface area (TPSA) is 137 Å². The van der Waals surface area contributed by atoms with Crippen molar-refractivity contribution < 1.29 is 9.47 Å². The maximum atomic E-state index is 10.3. The van der Waals surface area contributed by atoms with Crippen LogP contribution in [0.25, 0.3) is 0 Å². The van der Waals surface area contributed by atoms with E-state index < -0.39 is 34.5 Å². The molecule has 2 aromatic rings. The number of nitrogens with one attached hydrogen (secondary N) is 1. The molecule has 0 saturated carbocycles. The highest BCUT2D eigenvalue weighted by Gasteiger charge is 2.79. The molecular weight excluding hydrogens is 458 g/mol. The number of fused-ring (bicyclic) bond motifs is 2. The van der Waals surface area contributed by atoms with Gasteiger partial charge in [-0.15, -0.1) is 0 Å². The van der Waals surface area contributed by atoms with Gasteiger partial charge in [0.15, 0.2) is 5.41 Å². The number of nitrogens with zero attached hydrogens (tertiary/aromatic N) is 4. The fourth-order valence-corrected chi connectivity index (χ4v) is 4.85. The Morgan fingerprint density at radius 2 is 1.55 bits per heavy atom. The largest absolute Gasteiger partial charge is 0.443 e. The SMILES string of the molecule is CC1C2(c3ccc(Br)cc3)OC(=N)C1(C#N)C(C#N)(C#N)C(c1ccc(C#N)cc1)O2. The van der Waals surface area contributed by atoms with Gasteiger partial charge in [0.25, 0.3) is 0 Å². The molecule has 0 aromatic heterocycles. The zero-order chi connectivity index (χ0) is 22.4. The van der Waals surface area contributed by atoms with E-state index in [1.807, 2.05) is 18.2 Å². The molecular formula is C23H14BrN5O2. The van der Waals surface area contributed by atoms with Crippen molar-refractivity contribution in [3.05, 3.63) is 69.7 Å². The van der Waals surface area contributed by atoms with E-state index in [0.717, 1.165) is 4.47 Å². The Kier molecular flexibility index (Phi) is 4.60. The summed E-state index contributed by atoms with van der Waals surface area (Å²) in [5.74, 6) is -2.83. The Hall–Kier alpha value is -3.69. The summed E-state index contributed by atoms with van der Waals surface area (Å²) in [6, 6.07) is 21.5. The summed E-state index contributed by atoms with van der Waals surface area (Å²) in [5.41, 5.74) is -2.50. The quantitative estimate of drug-likeness (QED) is 0.686. The number of benzene rings is 2. The minimum Gasteiger partial charge on any atom is -0.443 e. The Morgan fingerprint density at radius 1 is 0.935 bits per heavy atom. The summed E-state index contributed by atoms with van der Waals surface area (Å²) in [7, 11) is 0. The average molecular weight is 472 g/mol. The van der Waals surface area contributed by atoms with Gasteiger partial charge in [-0.05, 0) is 29.8 Å². The summed E-state index contributed by atoms with van der Waals surface area (Å²) in [4.78, 5) is 0. The van der Waals surface area contributed by atoms with Gasteiger partial charge in [-0.3, -0.25) is 5.41 Å². The summed E-state index contributed by atoms with van der Waals surface area (Å²) < 4.78 is 13.2. The normalized spacial score (nSPS) is 30.2. The molecule has 2 saturated heterocycles. The Labute approximate surface area is 187 Å². The van der Waals surface area contributed by atoms with Crippen LogP contribution in [0.4, 0.5) is 0 Å². The van der Waals surface area contributed by atoms with E-state index in [1.54, 1.807) is 55.5 Å². The van der Waals surface area contributed by atoms with Crippen LogP contribution in [0.5, 0.6) is 0 Å². The zero-order valence-corrected chi connectivity index (χ0v) is 17.8. The molecule has 0 amide bonds. The molecule has 4 atom stereocenters. The molecule has 31 heavy (non-hydrogen) atoms. The van der Waals surface area contributed by atoms with Gasteiger partial charge in [0, 0.05) is 10.0 Å². The second-order valence-electron chi connectivity index (χ2n) is 7.51. The molecule has 7 nitrogen and oxygen atoms in total. The van der Waals surface area contributed by atoms with Crippen LogP contribution < -0.4 is 0 Å². The van der Waals surface area contributed by atoms with Crippen LogP contribution in [-0.2, 0) is 15.3 Å². The second kappa shape index (κ2) is 6.93. The lowest BCUT2D eigenvalue weighted by Gasteiger charge is -2.48. The van der Waals surface area contributed by atoms with Crippen LogP contribution in [0.1, 0.15) is 29.7 Å². The van der Waals surface area contributed by atoms with E-state index >= 15 is 0 Å². The minimum absolute atomic E-state index is 0.400. The van der Waals surface area contributed by atoms with Crippen molar-refractivity contribution in [3.8, 4) is 24.3 Å². The van der Waals surface area contributed by atoms with Crippen LogP contribution in [0, 0.1) is 67.5 Å². The maximum Gasteiger partial charge on any atom is 0.244 e. The first-order valence-electron chi connectivity index (χ1n) is 9.31. The van der Waals surface area contributed by atoms with Gasteiger partial charge in [-0.25, -0.2) is 0 Å². The van der Waals surface area contributed by atoms with E-state index in [0.29, 0.717) is 16.7 Å². The molecule has 1 N–H and O–H groups in total. The van der Waals surface area contributed by atoms with Gasteiger partial charge >= 0.3 is 0 Å². The predicted octanol–water partition coefficient (Wildman–Crippen LogP) is 4.43. The van der Waals surface area contributed by atoms with Gasteiger partial charge in [-0.1, -0.05) is 47.1 Å². The van der Waals surface area contributed by atoms with E-state index in [4.69, 9.17) is 20.1 Å². The van der Waals surface area contributed by atoms with Gasteiger partial charge in [0.05, 0.1) is 35.8 Å². The first-order chi connectivity index (χ1) is 14.8. The van der Waals surface area contributed by atoms with Gasteiger partial charge < -0.3 is 9.47 Å². The summed E-state index contributed by atoms with van der Waals surface area (Å²) in [6.45, 7) is 1.66. The van der Waals surface area contributed by atoms with Crippen molar-refractivity contribution in [3.63, 3.8) is 0 Å². The van der Waals surface area contributed by atoms with Crippen molar-refractivity contribution in [2.75, 3.05) is 0 Å². The Balaban J connectivity index is 2.02. The molecule has 150 valence electrons. The van der Waals surface area contributed by atoms with Crippen molar-refractivity contribution in [2.24, 2.45) is 16.7 Å².